The van der Waals surface area contributed by atoms with E-state index in [4.69, 9.17) is 0 Å². The first-order valence-corrected chi connectivity index (χ1v) is 11.8. The Morgan fingerprint density at radius 3 is 2.67 bits per heavy atom. The predicted molar refractivity (Wildman–Crippen MR) is 95.8 cm³/mol. The summed E-state index contributed by atoms with van der Waals surface area (Å²) in [5.41, 5.74) is 2.11. The molecule has 1 aliphatic rings. The van der Waals surface area contributed by atoms with E-state index in [1.807, 2.05) is 31.2 Å². The maximum atomic E-state index is 12.8. The summed E-state index contributed by atoms with van der Waals surface area (Å²) in [7, 11) is -7.02. The lowest BCUT2D eigenvalue weighted by molar-refractivity contribution is 0.527. The van der Waals surface area contributed by atoms with Crippen molar-refractivity contribution in [2.75, 3.05) is 11.5 Å². The van der Waals surface area contributed by atoms with Gasteiger partial charge in [-0.25, -0.2) is 16.8 Å². The first kappa shape index (κ1) is 17.6. The van der Waals surface area contributed by atoms with Crippen LogP contribution in [0.3, 0.4) is 0 Å². The van der Waals surface area contributed by atoms with Gasteiger partial charge in [-0.2, -0.15) is 0 Å². The first-order valence-electron chi connectivity index (χ1n) is 7.55. The highest BCUT2D eigenvalue weighted by atomic mass is 32.2. The van der Waals surface area contributed by atoms with E-state index in [2.05, 4.69) is 5.32 Å². The highest BCUT2D eigenvalue weighted by molar-refractivity contribution is 7.97. The molecule has 2 atom stereocenters. The first-order chi connectivity index (χ1) is 11.3. The van der Waals surface area contributed by atoms with Crippen molar-refractivity contribution in [2.45, 2.75) is 29.0 Å². The van der Waals surface area contributed by atoms with Crippen molar-refractivity contribution >= 4 is 31.0 Å². The van der Waals surface area contributed by atoms with Gasteiger partial charge in [-0.15, -0.1) is 11.3 Å². The number of benzene rings is 1. The van der Waals surface area contributed by atoms with Crippen LogP contribution in [-0.2, 0) is 26.2 Å². The minimum Gasteiger partial charge on any atom is -0.308 e. The summed E-state index contributed by atoms with van der Waals surface area (Å²) in [4.78, 5) is 0. The van der Waals surface area contributed by atoms with Crippen molar-refractivity contribution < 1.29 is 16.8 Å². The van der Waals surface area contributed by atoms with E-state index in [0.717, 1.165) is 22.5 Å². The van der Waals surface area contributed by atoms with Crippen LogP contribution in [0.25, 0.3) is 0 Å². The molecule has 8 heteroatoms. The molecule has 1 aliphatic heterocycles. The molecule has 1 aromatic heterocycles. The van der Waals surface area contributed by atoms with Crippen LogP contribution < -0.4 is 5.32 Å². The van der Waals surface area contributed by atoms with Crippen LogP contribution in [0.5, 0.6) is 0 Å². The molecule has 0 saturated carbocycles. The van der Waals surface area contributed by atoms with Gasteiger partial charge in [0.1, 0.15) is 4.21 Å². The zero-order valence-electron chi connectivity index (χ0n) is 13.2. The number of hydrogen-bond donors (Lipinski definition) is 1. The molecule has 2 heterocycles. The Hall–Kier alpha value is -1.22. The monoisotopic (exact) mass is 385 g/mol. The molecule has 0 spiro atoms. The lowest BCUT2D eigenvalue weighted by atomic mass is 10.1. The summed E-state index contributed by atoms with van der Waals surface area (Å²) in [5.74, 6) is -0.465. The Balaban J connectivity index is 1.82. The second-order valence-electron chi connectivity index (χ2n) is 6.07. The number of sulfone groups is 2. The normalized spacial score (nSPS) is 23.4. The predicted octanol–water partition coefficient (Wildman–Crippen LogP) is 1.79. The molecule has 1 N–H and O–H groups in total. The minimum absolute atomic E-state index is 0.145. The molecule has 0 bridgehead atoms. The van der Waals surface area contributed by atoms with Crippen molar-refractivity contribution in [3.63, 3.8) is 0 Å². The van der Waals surface area contributed by atoms with E-state index < -0.39 is 31.0 Å². The van der Waals surface area contributed by atoms with Gasteiger partial charge in [-0.3, -0.25) is 0 Å². The van der Waals surface area contributed by atoms with Gasteiger partial charge in [-0.1, -0.05) is 35.9 Å². The van der Waals surface area contributed by atoms with Gasteiger partial charge in [0.2, 0.25) is 0 Å². The Morgan fingerprint density at radius 1 is 1.21 bits per heavy atom. The summed E-state index contributed by atoms with van der Waals surface area (Å²) < 4.78 is 49.8. The summed E-state index contributed by atoms with van der Waals surface area (Å²) in [6.45, 7) is 2.42. The molecule has 3 rings (SSSR count). The molecule has 5 nitrogen and oxygen atoms in total. The standard InChI is InChI=1S/C16H19NO4S3/c1-12-4-2-5-13(8-12)9-17-14-10-23(18,19)11-15(14)24(20,21)16-6-3-7-22-16/h2-8,14-15,17H,9-11H2,1H3/t14-,15-/m0/s1. The molecule has 0 amide bonds. The smallest absolute Gasteiger partial charge is 0.193 e. The third kappa shape index (κ3) is 3.72. The third-order valence-corrected chi connectivity index (χ3v) is 9.71. The third-order valence-electron chi connectivity index (χ3n) is 4.13. The zero-order valence-corrected chi connectivity index (χ0v) is 15.6. The summed E-state index contributed by atoms with van der Waals surface area (Å²) in [5, 5.41) is 3.89. The maximum absolute atomic E-state index is 12.8. The Bertz CT molecular complexity index is 918. The second-order valence-corrected chi connectivity index (χ2v) is 11.6. The number of hydrogen-bond acceptors (Lipinski definition) is 6. The highest BCUT2D eigenvalue weighted by Crippen LogP contribution is 2.28. The van der Waals surface area contributed by atoms with Gasteiger partial charge < -0.3 is 5.32 Å². The van der Waals surface area contributed by atoms with E-state index in [1.54, 1.807) is 11.4 Å². The quantitative estimate of drug-likeness (QED) is 0.849. The zero-order chi connectivity index (χ0) is 17.4. The Morgan fingerprint density at radius 2 is 2.00 bits per heavy atom. The molecule has 24 heavy (non-hydrogen) atoms. The fraction of sp³-hybridized carbons (Fsp3) is 0.375. The van der Waals surface area contributed by atoms with Gasteiger partial charge in [0.15, 0.2) is 19.7 Å². The topological polar surface area (TPSA) is 80.3 Å². The second kappa shape index (κ2) is 6.59. The van der Waals surface area contributed by atoms with E-state index >= 15 is 0 Å². The summed E-state index contributed by atoms with van der Waals surface area (Å²) >= 11 is 1.12. The molecule has 0 radical (unpaired) electrons. The summed E-state index contributed by atoms with van der Waals surface area (Å²) in [6.07, 6.45) is 0. The van der Waals surface area contributed by atoms with Gasteiger partial charge in [-0.05, 0) is 23.9 Å². The van der Waals surface area contributed by atoms with Crippen LogP contribution in [0.1, 0.15) is 11.1 Å². The highest BCUT2D eigenvalue weighted by Gasteiger charge is 2.45. The average Bonchev–Trinajstić information content (AvgIpc) is 3.13. The van der Waals surface area contributed by atoms with Crippen molar-refractivity contribution in [3.05, 3.63) is 52.9 Å². The molecule has 0 unspecified atom stereocenters. The van der Waals surface area contributed by atoms with E-state index in [1.165, 1.54) is 6.07 Å². The van der Waals surface area contributed by atoms with Gasteiger partial charge in [0, 0.05) is 12.6 Å². The summed E-state index contributed by atoms with van der Waals surface area (Å²) in [6, 6.07) is 10.4. The molecular formula is C16H19NO4S3. The van der Waals surface area contributed by atoms with E-state index in [0.29, 0.717) is 6.54 Å². The van der Waals surface area contributed by atoms with Crippen molar-refractivity contribution in [1.82, 2.24) is 5.32 Å². The number of nitrogens with one attached hydrogen (secondary N) is 1. The van der Waals surface area contributed by atoms with Gasteiger partial charge in [0.05, 0.1) is 16.8 Å². The number of aryl methyl sites for hydroxylation is 1. The van der Waals surface area contributed by atoms with Crippen molar-refractivity contribution in [2.24, 2.45) is 0 Å². The van der Waals surface area contributed by atoms with E-state index in [-0.39, 0.29) is 15.7 Å². The number of thiophene rings is 1. The fourth-order valence-electron chi connectivity index (χ4n) is 2.96. The lowest BCUT2D eigenvalue weighted by Crippen LogP contribution is -2.42. The molecule has 130 valence electrons. The van der Waals surface area contributed by atoms with Gasteiger partial charge in [0.25, 0.3) is 0 Å². The van der Waals surface area contributed by atoms with Crippen molar-refractivity contribution in [1.29, 1.82) is 0 Å². The Labute approximate surface area is 146 Å². The molecule has 2 aromatic rings. The van der Waals surface area contributed by atoms with Gasteiger partial charge >= 0.3 is 0 Å². The molecule has 1 fully saturated rings. The molecular weight excluding hydrogens is 366 g/mol. The maximum Gasteiger partial charge on any atom is 0.193 e. The minimum atomic E-state index is -3.65. The molecule has 0 aliphatic carbocycles. The van der Waals surface area contributed by atoms with Crippen molar-refractivity contribution in [3.8, 4) is 0 Å². The number of rotatable bonds is 5. The SMILES string of the molecule is Cc1cccc(CN[C@H]2CS(=O)(=O)C[C@@H]2S(=O)(=O)c2cccs2)c1. The van der Waals surface area contributed by atoms with Crippen LogP contribution in [-0.4, -0.2) is 39.6 Å². The van der Waals surface area contributed by atoms with E-state index in [9.17, 15) is 16.8 Å². The van der Waals surface area contributed by atoms with Crippen LogP contribution in [0.2, 0.25) is 0 Å². The van der Waals surface area contributed by atoms with Crippen LogP contribution in [0, 0.1) is 6.92 Å². The van der Waals surface area contributed by atoms with Crippen LogP contribution in [0.4, 0.5) is 0 Å². The van der Waals surface area contributed by atoms with Crippen LogP contribution in [0.15, 0.2) is 46.0 Å². The Kier molecular flexibility index (Phi) is 4.83. The largest absolute Gasteiger partial charge is 0.308 e. The average molecular weight is 386 g/mol. The molecule has 1 saturated heterocycles. The molecule has 1 aromatic carbocycles. The fourth-order valence-corrected chi connectivity index (χ4v) is 8.90. The lowest BCUT2D eigenvalue weighted by Gasteiger charge is -2.19. The van der Waals surface area contributed by atoms with Crippen LogP contribution >= 0.6 is 11.3 Å².